The van der Waals surface area contributed by atoms with Gasteiger partial charge in [0.1, 0.15) is 0 Å². The molecule has 1 aromatic rings. The topological polar surface area (TPSA) is 53.6 Å². The zero-order valence-electron chi connectivity index (χ0n) is 17.0. The molecule has 1 saturated heterocycles. The van der Waals surface area contributed by atoms with Crippen molar-refractivity contribution in [3.63, 3.8) is 0 Å². The minimum absolute atomic E-state index is 0.0247. The van der Waals surface area contributed by atoms with Crippen molar-refractivity contribution in [2.75, 3.05) is 39.4 Å². The first kappa shape index (κ1) is 22.4. The number of ether oxygens (including phenoxy) is 1. The number of alkyl halides is 3. The van der Waals surface area contributed by atoms with Crippen LogP contribution in [0.15, 0.2) is 24.3 Å². The summed E-state index contributed by atoms with van der Waals surface area (Å²) in [5.74, 6) is 5.37. The summed E-state index contributed by atoms with van der Waals surface area (Å²) in [5.41, 5.74) is -0.496. The predicted octanol–water partition coefficient (Wildman–Crippen LogP) is 3.39. The van der Waals surface area contributed by atoms with E-state index < -0.39 is 11.7 Å². The fraction of sp³-hybridized carbons (Fsp3) is 0.591. The zero-order valence-corrected chi connectivity index (χ0v) is 17.0. The first-order valence-electron chi connectivity index (χ1n) is 10.4. The van der Waals surface area contributed by atoms with Crippen LogP contribution in [0.1, 0.15) is 43.2 Å². The first-order chi connectivity index (χ1) is 14.4. The van der Waals surface area contributed by atoms with Gasteiger partial charge in [0.25, 0.3) is 0 Å². The van der Waals surface area contributed by atoms with Crippen molar-refractivity contribution in [3.05, 3.63) is 35.4 Å². The van der Waals surface area contributed by atoms with Gasteiger partial charge in [0.05, 0.1) is 25.3 Å². The van der Waals surface area contributed by atoms with E-state index in [-0.39, 0.29) is 23.7 Å². The van der Waals surface area contributed by atoms with E-state index in [0.717, 1.165) is 64.1 Å². The van der Waals surface area contributed by atoms with Gasteiger partial charge in [-0.3, -0.25) is 4.90 Å². The largest absolute Gasteiger partial charge is 0.416 e. The maximum absolute atomic E-state index is 12.7. The number of hydrogen-bond acceptors (Lipinski definition) is 3. The number of nitrogens with zero attached hydrogens (tertiary/aromatic N) is 1. The fourth-order valence-electron chi connectivity index (χ4n) is 4.20. The van der Waals surface area contributed by atoms with E-state index >= 15 is 0 Å². The van der Waals surface area contributed by atoms with E-state index in [1.165, 1.54) is 18.6 Å². The lowest BCUT2D eigenvalue weighted by Crippen LogP contribution is -2.60. The second-order valence-corrected chi connectivity index (χ2v) is 7.80. The van der Waals surface area contributed by atoms with Crippen molar-refractivity contribution in [1.29, 1.82) is 0 Å². The van der Waals surface area contributed by atoms with E-state index in [1.54, 1.807) is 0 Å². The average Bonchev–Trinajstić information content (AvgIpc) is 2.76. The number of nitrogens with one attached hydrogen (secondary N) is 2. The highest BCUT2D eigenvalue weighted by Crippen LogP contribution is 2.34. The summed E-state index contributed by atoms with van der Waals surface area (Å²) in [6.45, 7) is 3.84. The lowest BCUT2D eigenvalue weighted by atomic mass is 9.80. The Labute approximate surface area is 175 Å². The van der Waals surface area contributed by atoms with Crippen LogP contribution in [0.3, 0.4) is 0 Å². The number of hydrogen-bond donors (Lipinski definition) is 2. The van der Waals surface area contributed by atoms with Crippen molar-refractivity contribution in [2.45, 2.75) is 43.8 Å². The highest BCUT2D eigenvalue weighted by atomic mass is 19.4. The van der Waals surface area contributed by atoms with Crippen molar-refractivity contribution in [2.24, 2.45) is 0 Å². The molecule has 2 aliphatic rings. The summed E-state index contributed by atoms with van der Waals surface area (Å²) >= 11 is 0. The van der Waals surface area contributed by atoms with Crippen molar-refractivity contribution in [1.82, 2.24) is 15.5 Å². The van der Waals surface area contributed by atoms with E-state index in [0.29, 0.717) is 6.54 Å². The minimum atomic E-state index is -4.40. The van der Waals surface area contributed by atoms with Crippen LogP contribution >= 0.6 is 0 Å². The van der Waals surface area contributed by atoms with Gasteiger partial charge in [-0.2, -0.15) is 13.2 Å². The van der Waals surface area contributed by atoms with E-state index in [2.05, 4.69) is 27.4 Å². The number of morpholine rings is 1. The lowest BCUT2D eigenvalue weighted by Gasteiger charge is -2.48. The number of rotatable bonds is 4. The molecule has 2 amide bonds. The van der Waals surface area contributed by atoms with Crippen molar-refractivity contribution >= 4 is 6.03 Å². The molecule has 1 heterocycles. The zero-order chi connectivity index (χ0) is 21.5. The van der Waals surface area contributed by atoms with E-state index in [1.807, 2.05) is 0 Å². The Balaban J connectivity index is 1.49. The van der Waals surface area contributed by atoms with Crippen LogP contribution in [-0.2, 0) is 10.9 Å². The molecule has 0 bridgehead atoms. The number of carbonyl (C=O) groups excluding carboxylic acids is 1. The Morgan fingerprint density at radius 3 is 2.57 bits per heavy atom. The van der Waals surface area contributed by atoms with Crippen LogP contribution in [0, 0.1) is 11.8 Å². The number of urea groups is 1. The second kappa shape index (κ2) is 10.2. The smallest absolute Gasteiger partial charge is 0.379 e. The van der Waals surface area contributed by atoms with Crippen LogP contribution in [-0.4, -0.2) is 55.9 Å². The van der Waals surface area contributed by atoms with Crippen LogP contribution in [0.4, 0.5) is 18.0 Å². The third-order valence-electron chi connectivity index (χ3n) is 5.80. The molecule has 0 unspecified atom stereocenters. The monoisotopic (exact) mass is 423 g/mol. The molecule has 5 nitrogen and oxygen atoms in total. The second-order valence-electron chi connectivity index (χ2n) is 7.80. The third-order valence-corrected chi connectivity index (χ3v) is 5.80. The van der Waals surface area contributed by atoms with Gasteiger partial charge in [-0.05, 0) is 31.0 Å². The average molecular weight is 423 g/mol. The minimum Gasteiger partial charge on any atom is -0.379 e. The molecule has 164 valence electrons. The van der Waals surface area contributed by atoms with Gasteiger partial charge in [-0.15, -0.1) is 0 Å². The molecule has 0 radical (unpaired) electrons. The molecule has 0 aromatic heterocycles. The molecule has 1 aliphatic heterocycles. The molecular weight excluding hydrogens is 395 g/mol. The fourth-order valence-corrected chi connectivity index (χ4v) is 4.20. The quantitative estimate of drug-likeness (QED) is 0.730. The Morgan fingerprint density at radius 1 is 1.13 bits per heavy atom. The number of carbonyl (C=O) groups is 1. The van der Waals surface area contributed by atoms with Gasteiger partial charge in [0, 0.05) is 30.7 Å². The maximum Gasteiger partial charge on any atom is 0.416 e. The molecule has 2 fully saturated rings. The number of benzene rings is 1. The molecular formula is C22H28F3N3O2. The van der Waals surface area contributed by atoms with Crippen LogP contribution < -0.4 is 10.6 Å². The molecule has 2 N–H and O–H groups in total. The molecule has 0 spiro atoms. The van der Waals surface area contributed by atoms with Gasteiger partial charge < -0.3 is 15.4 Å². The van der Waals surface area contributed by atoms with Gasteiger partial charge in [0.15, 0.2) is 0 Å². The Morgan fingerprint density at radius 2 is 1.87 bits per heavy atom. The SMILES string of the molecule is O=C(NCC#Cc1cccc(C(F)(F)F)c1)NCC1(N2CCOCC2)CCCCC1. The van der Waals surface area contributed by atoms with Crippen LogP contribution in [0.5, 0.6) is 0 Å². The summed E-state index contributed by atoms with van der Waals surface area (Å²) in [6, 6.07) is 4.53. The third kappa shape index (κ3) is 6.13. The first-order valence-corrected chi connectivity index (χ1v) is 10.4. The maximum atomic E-state index is 12.7. The lowest BCUT2D eigenvalue weighted by molar-refractivity contribution is -0.137. The van der Waals surface area contributed by atoms with E-state index in [9.17, 15) is 18.0 Å². The Hall–Kier alpha value is -2.24. The summed E-state index contributed by atoms with van der Waals surface area (Å²) in [4.78, 5) is 14.7. The molecule has 8 heteroatoms. The molecule has 1 aliphatic carbocycles. The summed E-state index contributed by atoms with van der Waals surface area (Å²) in [7, 11) is 0. The molecule has 1 aromatic carbocycles. The van der Waals surface area contributed by atoms with Gasteiger partial charge in [-0.1, -0.05) is 37.2 Å². The van der Waals surface area contributed by atoms with Crippen LogP contribution in [0.2, 0.25) is 0 Å². The molecule has 0 atom stereocenters. The summed E-state index contributed by atoms with van der Waals surface area (Å²) in [5, 5.41) is 5.64. The van der Waals surface area contributed by atoms with Gasteiger partial charge >= 0.3 is 12.2 Å². The standard InChI is InChI=1S/C22H28F3N3O2/c23-22(24,25)19-8-4-6-18(16-19)7-5-11-26-20(29)27-17-21(9-2-1-3-10-21)28-12-14-30-15-13-28/h4,6,8,16H,1-3,9-15,17H2,(H2,26,27,29). The highest BCUT2D eigenvalue weighted by Gasteiger charge is 2.38. The highest BCUT2D eigenvalue weighted by molar-refractivity contribution is 5.74. The van der Waals surface area contributed by atoms with Crippen molar-refractivity contribution in [3.8, 4) is 11.8 Å². The Kier molecular flexibility index (Phi) is 7.62. The molecule has 3 rings (SSSR count). The van der Waals surface area contributed by atoms with Gasteiger partial charge in [-0.25, -0.2) is 4.79 Å². The molecule has 30 heavy (non-hydrogen) atoms. The van der Waals surface area contributed by atoms with E-state index in [4.69, 9.17) is 4.74 Å². The normalized spacial score (nSPS) is 19.4. The molecule has 1 saturated carbocycles. The number of amides is 2. The van der Waals surface area contributed by atoms with Crippen molar-refractivity contribution < 1.29 is 22.7 Å². The summed E-state index contributed by atoms with van der Waals surface area (Å²) < 4.78 is 43.7. The van der Waals surface area contributed by atoms with Crippen LogP contribution in [0.25, 0.3) is 0 Å². The Bertz CT molecular complexity index is 774. The predicted molar refractivity (Wildman–Crippen MR) is 108 cm³/mol. The summed E-state index contributed by atoms with van der Waals surface area (Å²) in [6.07, 6.45) is 1.26. The van der Waals surface area contributed by atoms with Gasteiger partial charge in [0.2, 0.25) is 0 Å². The number of halogens is 3.